The molecule has 0 radical (unpaired) electrons. The Morgan fingerprint density at radius 2 is 2.05 bits per heavy atom. The number of nitrogens with zero attached hydrogens (tertiary/aromatic N) is 2. The van der Waals surface area contributed by atoms with Crippen molar-refractivity contribution in [3.05, 3.63) is 0 Å². The zero-order valence-electron chi connectivity index (χ0n) is 13.4. The summed E-state index contributed by atoms with van der Waals surface area (Å²) in [5.74, 6) is 0. The third-order valence-electron chi connectivity index (χ3n) is 4.30. The minimum absolute atomic E-state index is 0.154. The number of likely N-dealkylation sites (N-methyl/N-ethyl adjacent to an activating group) is 1. The molecule has 4 nitrogen and oxygen atoms in total. The number of piperazine rings is 1. The normalized spacial score (nSPS) is 25.7. The molecule has 0 aromatic rings. The van der Waals surface area contributed by atoms with E-state index in [1.165, 1.54) is 6.42 Å². The zero-order valence-corrected chi connectivity index (χ0v) is 13.4. The van der Waals surface area contributed by atoms with Gasteiger partial charge in [0.1, 0.15) is 0 Å². The van der Waals surface area contributed by atoms with Gasteiger partial charge in [-0.25, -0.2) is 0 Å². The van der Waals surface area contributed by atoms with E-state index in [-0.39, 0.29) is 12.1 Å². The predicted molar refractivity (Wildman–Crippen MR) is 81.5 cm³/mol. The van der Waals surface area contributed by atoms with E-state index in [2.05, 4.69) is 49.9 Å². The lowest BCUT2D eigenvalue weighted by Gasteiger charge is -2.41. The number of aliphatic hydroxyl groups excluding tert-OH is 1. The predicted octanol–water partition coefficient (Wildman–Crippen LogP) is 1.15. The largest absolute Gasteiger partial charge is 0.394 e. The van der Waals surface area contributed by atoms with Crippen LogP contribution in [0.5, 0.6) is 0 Å². The van der Waals surface area contributed by atoms with Gasteiger partial charge in [-0.3, -0.25) is 0 Å². The molecular weight excluding hydrogens is 238 g/mol. The number of aliphatic hydroxyl groups is 1. The SMILES string of the molecule is CCC1CN(CCC(C)(CO)NC(C)C)CCN1C. The summed E-state index contributed by atoms with van der Waals surface area (Å²) in [6.45, 7) is 13.4. The molecule has 19 heavy (non-hydrogen) atoms. The first kappa shape index (κ1) is 16.9. The van der Waals surface area contributed by atoms with E-state index in [9.17, 15) is 5.11 Å². The Balaban J connectivity index is 2.42. The van der Waals surface area contributed by atoms with Crippen molar-refractivity contribution in [3.63, 3.8) is 0 Å². The second-order valence-electron chi connectivity index (χ2n) is 6.61. The van der Waals surface area contributed by atoms with Gasteiger partial charge >= 0.3 is 0 Å². The maximum absolute atomic E-state index is 9.61. The van der Waals surface area contributed by atoms with Crippen LogP contribution in [0, 0.1) is 0 Å². The molecule has 0 spiro atoms. The molecule has 1 heterocycles. The van der Waals surface area contributed by atoms with Crippen molar-refractivity contribution in [2.24, 2.45) is 0 Å². The van der Waals surface area contributed by atoms with Gasteiger partial charge in [0.25, 0.3) is 0 Å². The van der Waals surface area contributed by atoms with Crippen molar-refractivity contribution in [2.45, 2.75) is 58.2 Å². The first-order valence-electron chi connectivity index (χ1n) is 7.71. The molecule has 114 valence electrons. The van der Waals surface area contributed by atoms with Crippen LogP contribution < -0.4 is 5.32 Å². The van der Waals surface area contributed by atoms with Crippen LogP contribution in [-0.2, 0) is 0 Å². The Labute approximate surface area is 119 Å². The Bertz CT molecular complexity index is 260. The maximum Gasteiger partial charge on any atom is 0.0611 e. The molecule has 1 saturated heterocycles. The summed E-state index contributed by atoms with van der Waals surface area (Å²) < 4.78 is 0. The van der Waals surface area contributed by atoms with Gasteiger partial charge in [-0.15, -0.1) is 0 Å². The highest BCUT2D eigenvalue weighted by Gasteiger charge is 2.27. The van der Waals surface area contributed by atoms with Gasteiger partial charge in [0.15, 0.2) is 0 Å². The third kappa shape index (κ3) is 5.38. The van der Waals surface area contributed by atoms with Crippen molar-refractivity contribution in [1.82, 2.24) is 15.1 Å². The van der Waals surface area contributed by atoms with Gasteiger partial charge in [0.2, 0.25) is 0 Å². The monoisotopic (exact) mass is 271 g/mol. The van der Waals surface area contributed by atoms with Crippen molar-refractivity contribution in [3.8, 4) is 0 Å². The van der Waals surface area contributed by atoms with Crippen LogP contribution in [0.25, 0.3) is 0 Å². The average Bonchev–Trinajstić information content (AvgIpc) is 2.37. The molecule has 1 rings (SSSR count). The Hall–Kier alpha value is -0.160. The summed E-state index contributed by atoms with van der Waals surface area (Å²) in [6, 6.07) is 1.10. The number of nitrogens with one attached hydrogen (secondary N) is 1. The van der Waals surface area contributed by atoms with Crippen LogP contribution in [0.15, 0.2) is 0 Å². The van der Waals surface area contributed by atoms with Gasteiger partial charge in [-0.05, 0) is 26.8 Å². The average molecular weight is 271 g/mol. The summed E-state index contributed by atoms with van der Waals surface area (Å²) >= 11 is 0. The molecule has 0 aromatic carbocycles. The van der Waals surface area contributed by atoms with Crippen LogP contribution in [-0.4, -0.2) is 72.4 Å². The molecule has 2 N–H and O–H groups in total. The molecular formula is C15H33N3O. The highest BCUT2D eigenvalue weighted by molar-refractivity contribution is 4.87. The van der Waals surface area contributed by atoms with E-state index in [4.69, 9.17) is 0 Å². The second kappa shape index (κ2) is 7.58. The lowest BCUT2D eigenvalue weighted by molar-refractivity contribution is 0.0764. The van der Waals surface area contributed by atoms with Crippen molar-refractivity contribution in [1.29, 1.82) is 0 Å². The van der Waals surface area contributed by atoms with Crippen molar-refractivity contribution < 1.29 is 5.11 Å². The quantitative estimate of drug-likeness (QED) is 0.729. The molecule has 0 amide bonds. The highest BCUT2D eigenvalue weighted by Crippen LogP contribution is 2.15. The van der Waals surface area contributed by atoms with E-state index in [0.29, 0.717) is 12.1 Å². The van der Waals surface area contributed by atoms with Crippen LogP contribution >= 0.6 is 0 Å². The highest BCUT2D eigenvalue weighted by atomic mass is 16.3. The van der Waals surface area contributed by atoms with Gasteiger partial charge in [-0.1, -0.05) is 20.8 Å². The zero-order chi connectivity index (χ0) is 14.5. The van der Waals surface area contributed by atoms with E-state index in [0.717, 1.165) is 32.6 Å². The van der Waals surface area contributed by atoms with Crippen LogP contribution in [0.1, 0.15) is 40.5 Å². The minimum atomic E-state index is -0.154. The van der Waals surface area contributed by atoms with Gasteiger partial charge < -0.3 is 20.2 Å². The molecule has 2 atom stereocenters. The van der Waals surface area contributed by atoms with Crippen LogP contribution in [0.3, 0.4) is 0 Å². The second-order valence-corrected chi connectivity index (χ2v) is 6.61. The number of hydrogen-bond acceptors (Lipinski definition) is 4. The first-order valence-corrected chi connectivity index (χ1v) is 7.71. The lowest BCUT2D eigenvalue weighted by atomic mass is 9.97. The Morgan fingerprint density at radius 3 is 2.58 bits per heavy atom. The fourth-order valence-electron chi connectivity index (χ4n) is 2.95. The Morgan fingerprint density at radius 1 is 1.37 bits per heavy atom. The summed E-state index contributed by atoms with van der Waals surface area (Å²) in [6.07, 6.45) is 2.22. The van der Waals surface area contributed by atoms with E-state index in [1.54, 1.807) is 0 Å². The Kier molecular flexibility index (Phi) is 6.74. The van der Waals surface area contributed by atoms with E-state index < -0.39 is 0 Å². The summed E-state index contributed by atoms with van der Waals surface area (Å²) in [7, 11) is 2.23. The molecule has 4 heteroatoms. The van der Waals surface area contributed by atoms with Gasteiger partial charge in [0.05, 0.1) is 6.61 Å². The smallest absolute Gasteiger partial charge is 0.0611 e. The molecule has 0 aliphatic carbocycles. The molecule has 1 aliphatic rings. The molecule has 0 aromatic heterocycles. The maximum atomic E-state index is 9.61. The minimum Gasteiger partial charge on any atom is -0.394 e. The number of rotatable bonds is 7. The molecule has 2 unspecified atom stereocenters. The molecule has 1 aliphatic heterocycles. The van der Waals surface area contributed by atoms with E-state index >= 15 is 0 Å². The van der Waals surface area contributed by atoms with Crippen LogP contribution in [0.2, 0.25) is 0 Å². The lowest BCUT2D eigenvalue weighted by Crippen LogP contribution is -2.54. The van der Waals surface area contributed by atoms with E-state index in [1.807, 2.05) is 0 Å². The summed E-state index contributed by atoms with van der Waals surface area (Å²) in [5.41, 5.74) is -0.154. The fraction of sp³-hybridized carbons (Fsp3) is 1.00. The number of hydrogen-bond donors (Lipinski definition) is 2. The molecule has 0 bridgehead atoms. The van der Waals surface area contributed by atoms with Gasteiger partial charge in [0, 0.05) is 43.8 Å². The fourth-order valence-corrected chi connectivity index (χ4v) is 2.95. The van der Waals surface area contributed by atoms with Crippen molar-refractivity contribution >= 4 is 0 Å². The van der Waals surface area contributed by atoms with Crippen molar-refractivity contribution in [2.75, 3.05) is 39.8 Å². The summed E-state index contributed by atoms with van der Waals surface area (Å²) in [5, 5.41) is 13.1. The van der Waals surface area contributed by atoms with Gasteiger partial charge in [-0.2, -0.15) is 0 Å². The standard InChI is InChI=1S/C15H33N3O/c1-6-14-11-18(10-9-17(14)5)8-7-15(4,12-19)16-13(2)3/h13-14,16,19H,6-12H2,1-5H3. The topological polar surface area (TPSA) is 38.7 Å². The molecule has 1 fully saturated rings. The third-order valence-corrected chi connectivity index (χ3v) is 4.30. The summed E-state index contributed by atoms with van der Waals surface area (Å²) in [4.78, 5) is 5.01. The first-order chi connectivity index (χ1) is 8.90. The molecule has 0 saturated carbocycles. The van der Waals surface area contributed by atoms with Crippen LogP contribution in [0.4, 0.5) is 0 Å².